The van der Waals surface area contributed by atoms with Crippen LogP contribution < -0.4 is 10.6 Å². The summed E-state index contributed by atoms with van der Waals surface area (Å²) < 4.78 is 19.0. The van der Waals surface area contributed by atoms with Crippen molar-refractivity contribution in [1.29, 1.82) is 0 Å². The molecular weight excluding hydrogens is 273 g/mol. The van der Waals surface area contributed by atoms with Gasteiger partial charge in [0, 0.05) is 31.9 Å². The standard InChI is InChI=1S/C15H16FN3O2/c16-12-10-11(17)3-4-13(12)18-5-7-19(8-6-18)15(20)14-2-1-9-21-14/h1-4,9-10H,5-8,17H2. The van der Waals surface area contributed by atoms with Crippen molar-refractivity contribution in [3.8, 4) is 0 Å². The third kappa shape index (κ3) is 2.69. The summed E-state index contributed by atoms with van der Waals surface area (Å²) in [7, 11) is 0. The second-order valence-electron chi connectivity index (χ2n) is 4.97. The molecule has 1 fully saturated rings. The fourth-order valence-corrected chi connectivity index (χ4v) is 2.49. The Bertz CT molecular complexity index is 634. The Morgan fingerprint density at radius 3 is 2.57 bits per heavy atom. The molecule has 110 valence electrons. The van der Waals surface area contributed by atoms with Gasteiger partial charge < -0.3 is 20.0 Å². The molecule has 2 N–H and O–H groups in total. The molecule has 1 saturated heterocycles. The fraction of sp³-hybridized carbons (Fsp3) is 0.267. The van der Waals surface area contributed by atoms with Crippen molar-refractivity contribution in [1.82, 2.24) is 4.90 Å². The van der Waals surface area contributed by atoms with E-state index >= 15 is 0 Å². The van der Waals surface area contributed by atoms with Gasteiger partial charge in [-0.15, -0.1) is 0 Å². The first-order valence-electron chi connectivity index (χ1n) is 6.78. The highest BCUT2D eigenvalue weighted by Crippen LogP contribution is 2.23. The van der Waals surface area contributed by atoms with Gasteiger partial charge in [-0.05, 0) is 30.3 Å². The zero-order valence-corrected chi connectivity index (χ0v) is 11.5. The monoisotopic (exact) mass is 289 g/mol. The van der Waals surface area contributed by atoms with Gasteiger partial charge in [0.05, 0.1) is 12.0 Å². The minimum atomic E-state index is -0.333. The van der Waals surface area contributed by atoms with Crippen LogP contribution in [0.2, 0.25) is 0 Å². The van der Waals surface area contributed by atoms with Crippen molar-refractivity contribution in [2.75, 3.05) is 36.8 Å². The summed E-state index contributed by atoms with van der Waals surface area (Å²) in [5, 5.41) is 0. The van der Waals surface area contributed by atoms with Crippen molar-refractivity contribution in [3.05, 3.63) is 48.2 Å². The molecular formula is C15H16FN3O2. The maximum absolute atomic E-state index is 13.9. The number of nitrogen functional groups attached to an aromatic ring is 1. The Balaban J connectivity index is 1.66. The third-order valence-electron chi connectivity index (χ3n) is 3.61. The number of amides is 1. The van der Waals surface area contributed by atoms with Crippen molar-refractivity contribution in [2.24, 2.45) is 0 Å². The van der Waals surface area contributed by atoms with E-state index in [-0.39, 0.29) is 11.7 Å². The number of nitrogens with zero attached hydrogens (tertiary/aromatic N) is 2. The van der Waals surface area contributed by atoms with E-state index in [1.807, 2.05) is 4.90 Å². The number of furan rings is 1. The van der Waals surface area contributed by atoms with Gasteiger partial charge in [-0.2, -0.15) is 0 Å². The summed E-state index contributed by atoms with van der Waals surface area (Å²) in [6, 6.07) is 8.00. The number of rotatable bonds is 2. The van der Waals surface area contributed by atoms with E-state index in [0.29, 0.717) is 43.3 Å². The quantitative estimate of drug-likeness (QED) is 0.859. The van der Waals surface area contributed by atoms with Crippen molar-refractivity contribution < 1.29 is 13.6 Å². The molecule has 0 unspecified atom stereocenters. The molecule has 0 spiro atoms. The van der Waals surface area contributed by atoms with E-state index in [2.05, 4.69) is 0 Å². The van der Waals surface area contributed by atoms with Crippen LogP contribution in [0.4, 0.5) is 15.8 Å². The second kappa shape index (κ2) is 5.47. The predicted molar refractivity (Wildman–Crippen MR) is 77.6 cm³/mol. The highest BCUT2D eigenvalue weighted by molar-refractivity contribution is 5.91. The maximum atomic E-state index is 13.9. The summed E-state index contributed by atoms with van der Waals surface area (Å²) >= 11 is 0. The molecule has 1 aromatic carbocycles. The lowest BCUT2D eigenvalue weighted by atomic mass is 10.2. The van der Waals surface area contributed by atoms with Gasteiger partial charge in [0.1, 0.15) is 5.82 Å². The summed E-state index contributed by atoms with van der Waals surface area (Å²) in [6.07, 6.45) is 1.48. The summed E-state index contributed by atoms with van der Waals surface area (Å²) in [5.41, 5.74) is 6.48. The van der Waals surface area contributed by atoms with Crippen LogP contribution in [0.3, 0.4) is 0 Å². The Labute approximate surface area is 121 Å². The fourth-order valence-electron chi connectivity index (χ4n) is 2.49. The number of carbonyl (C=O) groups is 1. The number of halogens is 1. The number of anilines is 2. The lowest BCUT2D eigenvalue weighted by molar-refractivity contribution is 0.0714. The number of hydrogen-bond donors (Lipinski definition) is 1. The largest absolute Gasteiger partial charge is 0.459 e. The van der Waals surface area contributed by atoms with Crippen LogP contribution in [0.25, 0.3) is 0 Å². The van der Waals surface area contributed by atoms with Gasteiger partial charge in [-0.1, -0.05) is 0 Å². The van der Waals surface area contributed by atoms with E-state index in [4.69, 9.17) is 10.2 Å². The maximum Gasteiger partial charge on any atom is 0.289 e. The van der Waals surface area contributed by atoms with Crippen molar-refractivity contribution >= 4 is 17.3 Å². The van der Waals surface area contributed by atoms with Gasteiger partial charge in [0.25, 0.3) is 5.91 Å². The van der Waals surface area contributed by atoms with Crippen LogP contribution >= 0.6 is 0 Å². The number of benzene rings is 1. The van der Waals surface area contributed by atoms with Gasteiger partial charge >= 0.3 is 0 Å². The zero-order valence-electron chi connectivity index (χ0n) is 11.5. The molecule has 1 amide bonds. The molecule has 6 heteroatoms. The van der Waals surface area contributed by atoms with Crippen molar-refractivity contribution in [3.63, 3.8) is 0 Å². The molecule has 0 bridgehead atoms. The summed E-state index contributed by atoms with van der Waals surface area (Å²) in [6.45, 7) is 2.22. The van der Waals surface area contributed by atoms with Crippen LogP contribution in [0.1, 0.15) is 10.6 Å². The summed E-state index contributed by atoms with van der Waals surface area (Å²) in [5.74, 6) is -0.125. The zero-order chi connectivity index (χ0) is 14.8. The molecule has 0 aliphatic carbocycles. The number of carbonyl (C=O) groups excluding carboxylic acids is 1. The molecule has 1 aromatic heterocycles. The van der Waals surface area contributed by atoms with Gasteiger partial charge in [-0.25, -0.2) is 4.39 Å². The van der Waals surface area contributed by atoms with E-state index in [1.165, 1.54) is 12.3 Å². The van der Waals surface area contributed by atoms with E-state index in [0.717, 1.165) is 0 Å². The molecule has 1 aliphatic heterocycles. The average Bonchev–Trinajstić information content (AvgIpc) is 3.01. The predicted octanol–water partition coefficient (Wildman–Crippen LogP) is 1.96. The molecule has 5 nitrogen and oxygen atoms in total. The first-order valence-corrected chi connectivity index (χ1v) is 6.78. The van der Waals surface area contributed by atoms with Crippen molar-refractivity contribution in [2.45, 2.75) is 0 Å². The Hall–Kier alpha value is -2.50. The first-order chi connectivity index (χ1) is 10.1. The molecule has 3 rings (SSSR count). The Kier molecular flexibility index (Phi) is 3.51. The van der Waals surface area contributed by atoms with Gasteiger partial charge in [0.15, 0.2) is 5.76 Å². The summed E-state index contributed by atoms with van der Waals surface area (Å²) in [4.78, 5) is 15.8. The van der Waals surface area contributed by atoms with E-state index < -0.39 is 0 Å². The third-order valence-corrected chi connectivity index (χ3v) is 3.61. The van der Waals surface area contributed by atoms with E-state index in [9.17, 15) is 9.18 Å². The normalized spacial score (nSPS) is 15.3. The number of piperazine rings is 1. The van der Waals surface area contributed by atoms with Crippen LogP contribution in [-0.2, 0) is 0 Å². The lowest BCUT2D eigenvalue weighted by Crippen LogP contribution is -2.49. The van der Waals surface area contributed by atoms with Crippen LogP contribution in [0.15, 0.2) is 41.0 Å². The van der Waals surface area contributed by atoms with Crippen LogP contribution in [-0.4, -0.2) is 37.0 Å². The second-order valence-corrected chi connectivity index (χ2v) is 4.97. The van der Waals surface area contributed by atoms with Gasteiger partial charge in [-0.3, -0.25) is 4.79 Å². The van der Waals surface area contributed by atoms with Crippen LogP contribution in [0.5, 0.6) is 0 Å². The minimum Gasteiger partial charge on any atom is -0.459 e. The highest BCUT2D eigenvalue weighted by Gasteiger charge is 2.24. The smallest absolute Gasteiger partial charge is 0.289 e. The minimum absolute atomic E-state index is 0.127. The molecule has 1 aliphatic rings. The highest BCUT2D eigenvalue weighted by atomic mass is 19.1. The number of hydrogen-bond acceptors (Lipinski definition) is 4. The van der Waals surface area contributed by atoms with Crippen LogP contribution in [0, 0.1) is 5.82 Å². The average molecular weight is 289 g/mol. The molecule has 0 atom stereocenters. The molecule has 21 heavy (non-hydrogen) atoms. The Morgan fingerprint density at radius 1 is 1.19 bits per heavy atom. The van der Waals surface area contributed by atoms with Gasteiger partial charge in [0.2, 0.25) is 0 Å². The lowest BCUT2D eigenvalue weighted by Gasteiger charge is -2.35. The topological polar surface area (TPSA) is 62.7 Å². The Morgan fingerprint density at radius 2 is 1.95 bits per heavy atom. The molecule has 2 heterocycles. The van der Waals surface area contributed by atoms with E-state index in [1.54, 1.807) is 29.2 Å². The molecule has 2 aromatic rings. The number of nitrogens with two attached hydrogens (primary N) is 1. The molecule has 0 saturated carbocycles. The molecule has 0 radical (unpaired) electrons. The first kappa shape index (κ1) is 13.5. The SMILES string of the molecule is Nc1ccc(N2CCN(C(=O)c3ccco3)CC2)c(F)c1.